The number of rotatable bonds is 4. The average Bonchev–Trinajstić information content (AvgIpc) is 3.24. The van der Waals surface area contributed by atoms with Crippen LogP contribution in [0.15, 0.2) is 30.3 Å². The number of carbonyl (C=O) groups is 2. The van der Waals surface area contributed by atoms with Gasteiger partial charge in [-0.05, 0) is 57.0 Å². The monoisotopic (exact) mass is 313 g/mol. The van der Waals surface area contributed by atoms with Crippen LogP contribution in [0.25, 0.3) is 5.69 Å². The lowest BCUT2D eigenvalue weighted by Crippen LogP contribution is -2.43. The lowest BCUT2D eigenvalue weighted by Gasteiger charge is -2.15. The van der Waals surface area contributed by atoms with E-state index in [4.69, 9.17) is 4.74 Å². The summed E-state index contributed by atoms with van der Waals surface area (Å²) in [6, 6.07) is 9.13. The van der Waals surface area contributed by atoms with Gasteiger partial charge < -0.3 is 10.1 Å². The van der Waals surface area contributed by atoms with Gasteiger partial charge in [-0.3, -0.25) is 4.79 Å². The van der Waals surface area contributed by atoms with Gasteiger partial charge in [0.25, 0.3) is 5.91 Å². The van der Waals surface area contributed by atoms with E-state index in [1.807, 2.05) is 36.7 Å². The number of aryl methyl sites for hydroxylation is 2. The van der Waals surface area contributed by atoms with Gasteiger partial charge in [0.15, 0.2) is 0 Å². The first-order chi connectivity index (χ1) is 10.9. The fourth-order valence-corrected chi connectivity index (χ4v) is 2.63. The molecule has 1 amide bonds. The quantitative estimate of drug-likeness (QED) is 0.875. The van der Waals surface area contributed by atoms with Crippen LogP contribution in [0.3, 0.4) is 0 Å². The summed E-state index contributed by atoms with van der Waals surface area (Å²) >= 11 is 0. The van der Waals surface area contributed by atoms with E-state index in [1.54, 1.807) is 12.1 Å². The van der Waals surface area contributed by atoms with Crippen LogP contribution < -0.4 is 5.32 Å². The number of nitrogens with zero attached hydrogens (tertiary/aromatic N) is 2. The molecule has 2 aromatic rings. The molecular formula is C17H19N3O3. The lowest BCUT2D eigenvalue weighted by molar-refractivity contribution is -0.144. The smallest absolute Gasteiger partial charge is 0.331 e. The third-order valence-electron chi connectivity index (χ3n) is 4.06. The van der Waals surface area contributed by atoms with E-state index in [1.165, 1.54) is 7.11 Å². The molecule has 6 heteroatoms. The van der Waals surface area contributed by atoms with Gasteiger partial charge in [-0.1, -0.05) is 0 Å². The molecular weight excluding hydrogens is 294 g/mol. The Balaban J connectivity index is 1.76. The summed E-state index contributed by atoms with van der Waals surface area (Å²) in [6.07, 6.45) is 1.24. The molecule has 0 radical (unpaired) electrons. The molecule has 3 rings (SSSR count). The summed E-state index contributed by atoms with van der Waals surface area (Å²) in [7, 11) is 1.33. The molecule has 0 aliphatic heterocycles. The summed E-state index contributed by atoms with van der Waals surface area (Å²) in [5, 5.41) is 7.19. The predicted octanol–water partition coefficient (Wildman–Crippen LogP) is 1.92. The standard InChI is InChI=1S/C17H19N3O3/c1-11-10-12(2)20(19-11)14-6-4-13(5-7-14)15(21)18-17(8-9-17)16(22)23-3/h4-7,10H,8-9H2,1-3H3,(H,18,21). The Hall–Kier alpha value is -2.63. The lowest BCUT2D eigenvalue weighted by atomic mass is 10.1. The maximum absolute atomic E-state index is 12.3. The van der Waals surface area contributed by atoms with E-state index < -0.39 is 5.54 Å². The zero-order valence-electron chi connectivity index (χ0n) is 13.4. The normalized spacial score (nSPS) is 15.1. The fourth-order valence-electron chi connectivity index (χ4n) is 2.63. The second-order valence-electron chi connectivity index (χ2n) is 5.91. The van der Waals surface area contributed by atoms with Gasteiger partial charge in [0.05, 0.1) is 18.5 Å². The number of ether oxygens (including phenoxy) is 1. The van der Waals surface area contributed by atoms with Crippen molar-refractivity contribution >= 4 is 11.9 Å². The van der Waals surface area contributed by atoms with Crippen LogP contribution in [-0.4, -0.2) is 34.3 Å². The van der Waals surface area contributed by atoms with Crippen LogP contribution in [0.1, 0.15) is 34.6 Å². The Labute approximate surface area is 134 Å². The molecule has 0 bridgehead atoms. The maximum atomic E-state index is 12.3. The molecule has 0 unspecified atom stereocenters. The summed E-state index contributed by atoms with van der Waals surface area (Å²) in [4.78, 5) is 24.0. The SMILES string of the molecule is COC(=O)C1(NC(=O)c2ccc(-n3nc(C)cc3C)cc2)CC1. The van der Waals surface area contributed by atoms with Crippen molar-refractivity contribution in [2.24, 2.45) is 0 Å². The number of amides is 1. The molecule has 1 aliphatic carbocycles. The second-order valence-corrected chi connectivity index (χ2v) is 5.91. The number of aromatic nitrogens is 2. The molecule has 23 heavy (non-hydrogen) atoms. The number of hydrogen-bond donors (Lipinski definition) is 1. The summed E-state index contributed by atoms with van der Waals surface area (Å²) in [6.45, 7) is 3.92. The largest absolute Gasteiger partial charge is 0.467 e. The minimum absolute atomic E-state index is 0.271. The van der Waals surface area contributed by atoms with Crippen LogP contribution >= 0.6 is 0 Å². The van der Waals surface area contributed by atoms with Gasteiger partial charge in [0.1, 0.15) is 5.54 Å². The molecule has 0 atom stereocenters. The second kappa shape index (κ2) is 5.53. The molecule has 0 spiro atoms. The van der Waals surface area contributed by atoms with Crippen LogP contribution in [0.4, 0.5) is 0 Å². The molecule has 120 valence electrons. The minimum Gasteiger partial charge on any atom is -0.467 e. The highest BCUT2D eigenvalue weighted by Crippen LogP contribution is 2.36. The van der Waals surface area contributed by atoms with E-state index in [-0.39, 0.29) is 11.9 Å². The summed E-state index contributed by atoms with van der Waals surface area (Å²) < 4.78 is 6.57. The first-order valence-electron chi connectivity index (χ1n) is 7.50. The van der Waals surface area contributed by atoms with Crippen LogP contribution in [-0.2, 0) is 9.53 Å². The van der Waals surface area contributed by atoms with Crippen LogP contribution in [0.2, 0.25) is 0 Å². The first-order valence-corrected chi connectivity index (χ1v) is 7.50. The molecule has 1 heterocycles. The van der Waals surface area contributed by atoms with Crippen molar-refractivity contribution < 1.29 is 14.3 Å². The van der Waals surface area contributed by atoms with E-state index in [9.17, 15) is 9.59 Å². The number of nitrogens with one attached hydrogen (secondary N) is 1. The third kappa shape index (κ3) is 2.84. The fraction of sp³-hybridized carbons (Fsp3) is 0.353. The topological polar surface area (TPSA) is 73.2 Å². The molecule has 1 N–H and O–H groups in total. The molecule has 1 aromatic heterocycles. The van der Waals surface area contributed by atoms with Crippen molar-refractivity contribution in [3.05, 3.63) is 47.3 Å². The summed E-state index contributed by atoms with van der Waals surface area (Å²) in [5.74, 6) is -0.655. The molecule has 1 aromatic carbocycles. The van der Waals surface area contributed by atoms with Gasteiger partial charge in [0, 0.05) is 11.3 Å². The Kier molecular flexibility index (Phi) is 3.67. The number of esters is 1. The van der Waals surface area contributed by atoms with Gasteiger partial charge >= 0.3 is 5.97 Å². The van der Waals surface area contributed by atoms with E-state index in [0.29, 0.717) is 18.4 Å². The van der Waals surface area contributed by atoms with Gasteiger partial charge in [-0.2, -0.15) is 5.10 Å². The first kappa shape index (κ1) is 15.3. The van der Waals surface area contributed by atoms with Gasteiger partial charge in [-0.25, -0.2) is 9.48 Å². The number of hydrogen-bond acceptors (Lipinski definition) is 4. The minimum atomic E-state index is -0.833. The molecule has 1 saturated carbocycles. The number of carbonyl (C=O) groups excluding carboxylic acids is 2. The summed E-state index contributed by atoms with van der Waals surface area (Å²) in [5.41, 5.74) is 2.53. The highest BCUT2D eigenvalue weighted by atomic mass is 16.5. The zero-order valence-corrected chi connectivity index (χ0v) is 13.4. The average molecular weight is 313 g/mol. The van der Waals surface area contributed by atoms with Gasteiger partial charge in [-0.15, -0.1) is 0 Å². The number of methoxy groups -OCH3 is 1. The maximum Gasteiger partial charge on any atom is 0.331 e. The van der Waals surface area contributed by atoms with E-state index >= 15 is 0 Å². The molecule has 1 fully saturated rings. The van der Waals surface area contributed by atoms with Crippen molar-refractivity contribution in [1.82, 2.24) is 15.1 Å². The van der Waals surface area contributed by atoms with Crippen LogP contribution in [0.5, 0.6) is 0 Å². The zero-order chi connectivity index (χ0) is 16.6. The van der Waals surface area contributed by atoms with E-state index in [0.717, 1.165) is 17.1 Å². The Morgan fingerprint density at radius 3 is 2.35 bits per heavy atom. The van der Waals surface area contributed by atoms with Crippen molar-refractivity contribution in [3.63, 3.8) is 0 Å². The highest BCUT2D eigenvalue weighted by molar-refractivity contribution is 5.99. The van der Waals surface area contributed by atoms with Crippen molar-refractivity contribution in [2.75, 3.05) is 7.11 Å². The van der Waals surface area contributed by atoms with Gasteiger partial charge in [0.2, 0.25) is 0 Å². The molecule has 6 nitrogen and oxygen atoms in total. The Morgan fingerprint density at radius 1 is 1.22 bits per heavy atom. The van der Waals surface area contributed by atoms with E-state index in [2.05, 4.69) is 10.4 Å². The number of benzene rings is 1. The molecule has 0 saturated heterocycles. The highest BCUT2D eigenvalue weighted by Gasteiger charge is 2.52. The molecule has 1 aliphatic rings. The van der Waals surface area contributed by atoms with Crippen molar-refractivity contribution in [1.29, 1.82) is 0 Å². The predicted molar refractivity (Wildman–Crippen MR) is 84.5 cm³/mol. The Bertz CT molecular complexity index is 758. The van der Waals surface area contributed by atoms with Crippen LogP contribution in [0, 0.1) is 13.8 Å². The Morgan fingerprint density at radius 2 is 1.87 bits per heavy atom. The third-order valence-corrected chi connectivity index (χ3v) is 4.06. The van der Waals surface area contributed by atoms with Crippen molar-refractivity contribution in [3.8, 4) is 5.69 Å². The van der Waals surface area contributed by atoms with Crippen molar-refractivity contribution in [2.45, 2.75) is 32.2 Å².